The molecule has 2 heterocycles. The van der Waals surface area contributed by atoms with Gasteiger partial charge in [0, 0.05) is 30.2 Å². The molecule has 2 aliphatic rings. The Morgan fingerprint density at radius 3 is 2.50 bits per heavy atom. The van der Waals surface area contributed by atoms with Gasteiger partial charge in [0.25, 0.3) is 0 Å². The van der Waals surface area contributed by atoms with Crippen LogP contribution < -0.4 is 0 Å². The lowest BCUT2D eigenvalue weighted by atomic mass is 9.72. The van der Waals surface area contributed by atoms with Crippen molar-refractivity contribution in [1.29, 1.82) is 0 Å². The van der Waals surface area contributed by atoms with Crippen LogP contribution in [0.3, 0.4) is 0 Å². The number of amides is 1. The van der Waals surface area contributed by atoms with E-state index >= 15 is 0 Å². The molecule has 0 spiro atoms. The summed E-state index contributed by atoms with van der Waals surface area (Å²) in [6.07, 6.45) is 6.39. The van der Waals surface area contributed by atoms with Gasteiger partial charge in [-0.3, -0.25) is 9.59 Å². The van der Waals surface area contributed by atoms with Gasteiger partial charge >= 0.3 is 5.97 Å². The predicted molar refractivity (Wildman–Crippen MR) is 100 cm³/mol. The van der Waals surface area contributed by atoms with Gasteiger partial charge in [-0.15, -0.1) is 0 Å². The number of nitrogens with one attached hydrogen (secondary N) is 1. The van der Waals surface area contributed by atoms with Gasteiger partial charge in [-0.2, -0.15) is 0 Å². The highest BCUT2D eigenvalue weighted by atomic mass is 16.4. The molecule has 1 aromatic carbocycles. The smallest absolute Gasteiger partial charge is 0.307 e. The number of aliphatic carboxylic acids is 1. The average molecular weight is 354 g/mol. The van der Waals surface area contributed by atoms with Crippen molar-refractivity contribution in [2.45, 2.75) is 44.9 Å². The standard InChI is InChI=1S/C21H26N2O3/c1-2-13-4-3-5-15-18(12-22-19(13)15)14-8-10-23(11-9-14)20(24)16-6-7-17(16)21(25)26/h3-5,12,14,16-17,22H,2,6-11H2,1H3,(H,25,26). The number of fused-ring (bicyclic) bond motifs is 1. The summed E-state index contributed by atoms with van der Waals surface area (Å²) in [5, 5.41) is 10.5. The summed E-state index contributed by atoms with van der Waals surface area (Å²) in [4.78, 5) is 29.2. The first kappa shape index (κ1) is 17.1. The second kappa shape index (κ2) is 6.78. The van der Waals surface area contributed by atoms with Crippen molar-refractivity contribution in [2.75, 3.05) is 13.1 Å². The van der Waals surface area contributed by atoms with Crippen LogP contribution in [0.4, 0.5) is 0 Å². The number of nitrogens with zero attached hydrogens (tertiary/aromatic N) is 1. The number of carbonyl (C=O) groups is 2. The number of aromatic nitrogens is 1. The van der Waals surface area contributed by atoms with Crippen LogP contribution in [0, 0.1) is 11.8 Å². The Morgan fingerprint density at radius 2 is 1.88 bits per heavy atom. The Kier molecular flexibility index (Phi) is 4.47. The SMILES string of the molecule is CCc1cccc2c(C3CCN(C(=O)C4CCC4C(=O)O)CC3)c[nH]c12. The number of hydrogen-bond acceptors (Lipinski definition) is 2. The Bertz CT molecular complexity index is 833. The van der Waals surface area contributed by atoms with Crippen molar-refractivity contribution < 1.29 is 14.7 Å². The number of rotatable bonds is 4. The lowest BCUT2D eigenvalue weighted by Gasteiger charge is -2.39. The molecule has 5 nitrogen and oxygen atoms in total. The van der Waals surface area contributed by atoms with Crippen LogP contribution >= 0.6 is 0 Å². The highest BCUT2D eigenvalue weighted by Gasteiger charge is 2.43. The van der Waals surface area contributed by atoms with Gasteiger partial charge in [0.05, 0.1) is 11.8 Å². The zero-order valence-electron chi connectivity index (χ0n) is 15.2. The van der Waals surface area contributed by atoms with Crippen LogP contribution in [-0.2, 0) is 16.0 Å². The van der Waals surface area contributed by atoms with Crippen molar-refractivity contribution >= 4 is 22.8 Å². The Morgan fingerprint density at radius 1 is 1.15 bits per heavy atom. The van der Waals surface area contributed by atoms with E-state index in [4.69, 9.17) is 0 Å². The number of carboxylic acids is 1. The van der Waals surface area contributed by atoms with E-state index in [0.717, 1.165) is 38.8 Å². The van der Waals surface area contributed by atoms with E-state index in [0.29, 0.717) is 12.3 Å². The normalized spacial score (nSPS) is 23.8. The molecule has 1 saturated carbocycles. The number of carbonyl (C=O) groups excluding carboxylic acids is 1. The third kappa shape index (κ3) is 2.79. The fraction of sp³-hybridized carbons (Fsp3) is 0.524. The van der Waals surface area contributed by atoms with Crippen LogP contribution in [0.5, 0.6) is 0 Å². The quantitative estimate of drug-likeness (QED) is 0.882. The fourth-order valence-electron chi connectivity index (χ4n) is 4.61. The van der Waals surface area contributed by atoms with E-state index in [1.165, 1.54) is 22.0 Å². The molecule has 138 valence electrons. The topological polar surface area (TPSA) is 73.4 Å². The Balaban J connectivity index is 1.44. The minimum absolute atomic E-state index is 0.0503. The number of benzene rings is 1. The number of aryl methyl sites for hydroxylation is 1. The maximum atomic E-state index is 12.6. The summed E-state index contributed by atoms with van der Waals surface area (Å²) in [7, 11) is 0. The first-order chi connectivity index (χ1) is 12.6. The molecular weight excluding hydrogens is 328 g/mol. The highest BCUT2D eigenvalue weighted by molar-refractivity contribution is 5.87. The van der Waals surface area contributed by atoms with Gasteiger partial charge in [-0.25, -0.2) is 0 Å². The van der Waals surface area contributed by atoms with Crippen LogP contribution in [0.15, 0.2) is 24.4 Å². The molecule has 1 amide bonds. The van der Waals surface area contributed by atoms with E-state index in [1.807, 2.05) is 4.90 Å². The molecule has 1 aliphatic heterocycles. The van der Waals surface area contributed by atoms with E-state index < -0.39 is 11.9 Å². The molecule has 2 aromatic rings. The molecule has 2 unspecified atom stereocenters. The fourth-order valence-corrected chi connectivity index (χ4v) is 4.61. The minimum atomic E-state index is -0.824. The monoisotopic (exact) mass is 354 g/mol. The van der Waals surface area contributed by atoms with Crippen molar-refractivity contribution in [3.8, 4) is 0 Å². The second-order valence-electron chi connectivity index (χ2n) is 7.67. The number of hydrogen-bond donors (Lipinski definition) is 2. The maximum absolute atomic E-state index is 12.6. The van der Waals surface area contributed by atoms with Gasteiger partial charge in [0.1, 0.15) is 0 Å². The molecule has 5 heteroatoms. The van der Waals surface area contributed by atoms with E-state index in [1.54, 1.807) is 0 Å². The van der Waals surface area contributed by atoms with Crippen LogP contribution in [0.25, 0.3) is 10.9 Å². The third-order valence-corrected chi connectivity index (χ3v) is 6.37. The second-order valence-corrected chi connectivity index (χ2v) is 7.67. The zero-order valence-corrected chi connectivity index (χ0v) is 15.2. The molecule has 1 aromatic heterocycles. The van der Waals surface area contributed by atoms with E-state index in [2.05, 4.69) is 36.3 Å². The summed E-state index contributed by atoms with van der Waals surface area (Å²) in [6.45, 7) is 3.63. The largest absolute Gasteiger partial charge is 0.481 e. The molecule has 1 saturated heterocycles. The van der Waals surface area contributed by atoms with E-state index in [9.17, 15) is 14.7 Å². The van der Waals surface area contributed by atoms with Gasteiger partial charge in [-0.05, 0) is 49.1 Å². The Labute approximate surface area is 153 Å². The third-order valence-electron chi connectivity index (χ3n) is 6.37. The number of likely N-dealkylation sites (tertiary alicyclic amines) is 1. The first-order valence-electron chi connectivity index (χ1n) is 9.70. The summed E-state index contributed by atoms with van der Waals surface area (Å²) in [5.74, 6) is -1.09. The molecule has 1 aliphatic carbocycles. The molecule has 2 fully saturated rings. The minimum Gasteiger partial charge on any atom is -0.481 e. The van der Waals surface area contributed by atoms with Crippen LogP contribution in [0.1, 0.15) is 49.7 Å². The molecule has 0 bridgehead atoms. The van der Waals surface area contributed by atoms with Crippen molar-refractivity contribution in [3.05, 3.63) is 35.5 Å². The lowest BCUT2D eigenvalue weighted by molar-refractivity contribution is -0.157. The van der Waals surface area contributed by atoms with Crippen LogP contribution in [-0.4, -0.2) is 40.0 Å². The molecule has 26 heavy (non-hydrogen) atoms. The first-order valence-corrected chi connectivity index (χ1v) is 9.70. The van der Waals surface area contributed by atoms with Crippen molar-refractivity contribution in [1.82, 2.24) is 9.88 Å². The van der Waals surface area contributed by atoms with Gasteiger partial charge in [0.2, 0.25) is 5.91 Å². The molecular formula is C21H26N2O3. The maximum Gasteiger partial charge on any atom is 0.307 e. The van der Waals surface area contributed by atoms with Gasteiger partial charge in [0.15, 0.2) is 0 Å². The summed E-state index contributed by atoms with van der Waals surface area (Å²) in [6, 6.07) is 6.48. The van der Waals surface area contributed by atoms with Crippen LogP contribution in [0.2, 0.25) is 0 Å². The highest BCUT2D eigenvalue weighted by Crippen LogP contribution is 2.38. The van der Waals surface area contributed by atoms with E-state index in [-0.39, 0.29) is 11.8 Å². The zero-order chi connectivity index (χ0) is 18.3. The average Bonchev–Trinajstić information content (AvgIpc) is 3.04. The van der Waals surface area contributed by atoms with Gasteiger partial charge in [-0.1, -0.05) is 25.1 Å². The molecule has 2 atom stereocenters. The summed E-state index contributed by atoms with van der Waals surface area (Å²) < 4.78 is 0. The Hall–Kier alpha value is -2.30. The molecule has 4 rings (SSSR count). The molecule has 0 radical (unpaired) electrons. The van der Waals surface area contributed by atoms with Gasteiger partial charge < -0.3 is 15.0 Å². The number of piperidine rings is 1. The van der Waals surface area contributed by atoms with Crippen molar-refractivity contribution in [3.63, 3.8) is 0 Å². The summed E-state index contributed by atoms with van der Waals surface area (Å²) in [5.41, 5.74) is 3.93. The summed E-state index contributed by atoms with van der Waals surface area (Å²) >= 11 is 0. The number of para-hydroxylation sites is 1. The predicted octanol–water partition coefficient (Wildman–Crippen LogP) is 3.55. The number of carboxylic acid groups (broad SMARTS) is 1. The lowest BCUT2D eigenvalue weighted by Crippen LogP contribution is -2.48. The van der Waals surface area contributed by atoms with Crippen molar-refractivity contribution in [2.24, 2.45) is 11.8 Å². The molecule has 2 N–H and O–H groups in total. The number of H-pyrrole nitrogens is 1. The number of aromatic amines is 1.